The highest BCUT2D eigenvalue weighted by molar-refractivity contribution is 6.02. The van der Waals surface area contributed by atoms with Gasteiger partial charge in [-0.2, -0.15) is 0 Å². The van der Waals surface area contributed by atoms with Crippen molar-refractivity contribution in [2.24, 2.45) is 0 Å². The van der Waals surface area contributed by atoms with Crippen LogP contribution in [-0.2, 0) is 4.79 Å². The third-order valence-electron chi connectivity index (χ3n) is 4.36. The molecule has 0 spiro atoms. The molecule has 124 valence electrons. The maximum Gasteiger partial charge on any atom is 0.253 e. The second-order valence-electron chi connectivity index (χ2n) is 6.47. The van der Waals surface area contributed by atoms with Crippen molar-refractivity contribution in [3.8, 4) is 0 Å². The largest absolute Gasteiger partial charge is 0.371 e. The van der Waals surface area contributed by atoms with Crippen molar-refractivity contribution in [1.29, 1.82) is 0 Å². The average molecular weight is 315 g/mol. The number of hydrogen-bond donors (Lipinski definition) is 2. The number of carbonyl (C=O) groups is 2. The second kappa shape index (κ2) is 7.02. The molecule has 5 nitrogen and oxygen atoms in total. The highest BCUT2D eigenvalue weighted by Gasteiger charge is 2.26. The Morgan fingerprint density at radius 3 is 2.61 bits per heavy atom. The summed E-state index contributed by atoms with van der Waals surface area (Å²) >= 11 is 0. The number of anilines is 2. The predicted molar refractivity (Wildman–Crippen MR) is 91.9 cm³/mol. The highest BCUT2D eigenvalue weighted by Crippen LogP contribution is 2.29. The van der Waals surface area contributed by atoms with Gasteiger partial charge in [-0.25, -0.2) is 0 Å². The molecule has 1 saturated heterocycles. The minimum atomic E-state index is -0.0269. The lowest BCUT2D eigenvalue weighted by atomic mass is 10.1. The summed E-state index contributed by atoms with van der Waals surface area (Å²) in [6.45, 7) is 3.96. The quantitative estimate of drug-likeness (QED) is 0.848. The molecule has 1 aliphatic heterocycles. The van der Waals surface area contributed by atoms with Crippen LogP contribution in [0.1, 0.15) is 55.8 Å². The number of nitrogens with one attached hydrogen (secondary N) is 2. The van der Waals surface area contributed by atoms with E-state index in [4.69, 9.17) is 0 Å². The van der Waals surface area contributed by atoms with Crippen LogP contribution in [0.2, 0.25) is 0 Å². The van der Waals surface area contributed by atoms with Gasteiger partial charge in [-0.05, 0) is 50.3 Å². The molecule has 0 atom stereocenters. The monoisotopic (exact) mass is 315 g/mol. The zero-order valence-electron chi connectivity index (χ0n) is 13.7. The van der Waals surface area contributed by atoms with E-state index in [0.717, 1.165) is 38.0 Å². The minimum absolute atomic E-state index is 0.00465. The normalized spacial score (nSPS) is 17.2. The van der Waals surface area contributed by atoms with Crippen LogP contribution in [0.3, 0.4) is 0 Å². The lowest BCUT2D eigenvalue weighted by molar-refractivity contribution is -0.116. The van der Waals surface area contributed by atoms with Crippen molar-refractivity contribution in [2.75, 3.05) is 23.3 Å². The molecule has 1 aromatic carbocycles. The van der Waals surface area contributed by atoms with Crippen LogP contribution < -0.4 is 15.5 Å². The van der Waals surface area contributed by atoms with Crippen LogP contribution in [0.4, 0.5) is 11.4 Å². The van der Waals surface area contributed by atoms with Gasteiger partial charge in [0.1, 0.15) is 0 Å². The van der Waals surface area contributed by atoms with Crippen molar-refractivity contribution in [3.05, 3.63) is 23.8 Å². The molecule has 3 rings (SSSR count). The SMILES string of the molecule is CCCC(=O)Nc1ccc(N2CCCC2)c(C(=O)NC2CC2)c1. The first kappa shape index (κ1) is 15.8. The average Bonchev–Trinajstić information content (AvgIpc) is 3.17. The van der Waals surface area contributed by atoms with E-state index in [1.54, 1.807) is 0 Å². The first-order valence-corrected chi connectivity index (χ1v) is 8.67. The van der Waals surface area contributed by atoms with Crippen LogP contribution in [0.25, 0.3) is 0 Å². The fraction of sp³-hybridized carbons (Fsp3) is 0.556. The van der Waals surface area contributed by atoms with E-state index in [1.165, 1.54) is 12.8 Å². The Labute approximate surface area is 137 Å². The Balaban J connectivity index is 1.83. The van der Waals surface area contributed by atoms with Crippen molar-refractivity contribution < 1.29 is 9.59 Å². The predicted octanol–water partition coefficient (Wildman–Crippen LogP) is 2.92. The molecule has 2 N–H and O–H groups in total. The molecule has 1 heterocycles. The fourth-order valence-electron chi connectivity index (χ4n) is 2.97. The van der Waals surface area contributed by atoms with Crippen molar-refractivity contribution in [1.82, 2.24) is 5.32 Å². The van der Waals surface area contributed by atoms with Gasteiger partial charge in [-0.1, -0.05) is 6.92 Å². The summed E-state index contributed by atoms with van der Waals surface area (Å²) in [5.41, 5.74) is 2.36. The number of benzene rings is 1. The van der Waals surface area contributed by atoms with E-state index in [1.807, 2.05) is 25.1 Å². The number of amides is 2. The lowest BCUT2D eigenvalue weighted by Crippen LogP contribution is -2.29. The number of carbonyl (C=O) groups excluding carboxylic acids is 2. The Hall–Kier alpha value is -2.04. The van der Waals surface area contributed by atoms with Crippen LogP contribution in [0.15, 0.2) is 18.2 Å². The van der Waals surface area contributed by atoms with Crippen molar-refractivity contribution in [3.63, 3.8) is 0 Å². The summed E-state index contributed by atoms with van der Waals surface area (Å²) in [5.74, 6) is -0.0315. The van der Waals surface area contributed by atoms with Gasteiger partial charge in [0.05, 0.1) is 5.56 Å². The first-order valence-electron chi connectivity index (χ1n) is 8.67. The standard InChI is InChI=1S/C18H25N3O2/c1-2-5-17(22)19-14-8-9-16(21-10-3-4-11-21)15(12-14)18(23)20-13-6-7-13/h8-9,12-13H,2-7,10-11H2,1H3,(H,19,22)(H,20,23). The molecule has 0 bridgehead atoms. The van der Waals surface area contributed by atoms with Crippen molar-refractivity contribution in [2.45, 2.75) is 51.5 Å². The number of hydrogen-bond acceptors (Lipinski definition) is 3. The molecule has 5 heteroatoms. The second-order valence-corrected chi connectivity index (χ2v) is 6.47. The minimum Gasteiger partial charge on any atom is -0.371 e. The summed E-state index contributed by atoms with van der Waals surface area (Å²) in [5, 5.41) is 5.95. The summed E-state index contributed by atoms with van der Waals surface area (Å²) in [6, 6.07) is 6.01. The van der Waals surface area contributed by atoms with Gasteiger partial charge >= 0.3 is 0 Å². The van der Waals surface area contributed by atoms with E-state index in [9.17, 15) is 9.59 Å². The van der Waals surface area contributed by atoms with Gasteiger partial charge in [-0.3, -0.25) is 9.59 Å². The topological polar surface area (TPSA) is 61.4 Å². The molecule has 2 amide bonds. The molecule has 1 saturated carbocycles. The molecule has 1 aromatic rings. The maximum absolute atomic E-state index is 12.6. The molecule has 2 fully saturated rings. The van der Waals surface area contributed by atoms with E-state index >= 15 is 0 Å². The smallest absolute Gasteiger partial charge is 0.253 e. The van der Waals surface area contributed by atoms with Crippen LogP contribution in [0.5, 0.6) is 0 Å². The molecule has 0 unspecified atom stereocenters. The highest BCUT2D eigenvalue weighted by atomic mass is 16.2. The first-order chi connectivity index (χ1) is 11.2. The van der Waals surface area contributed by atoms with Gasteiger partial charge in [0.15, 0.2) is 0 Å². The summed E-state index contributed by atoms with van der Waals surface area (Å²) < 4.78 is 0. The number of rotatable bonds is 6. The Morgan fingerprint density at radius 1 is 1.22 bits per heavy atom. The molecular formula is C18H25N3O2. The molecule has 1 aliphatic carbocycles. The van der Waals surface area contributed by atoms with Gasteiger partial charge in [0.2, 0.25) is 5.91 Å². The third kappa shape index (κ3) is 4.03. The Morgan fingerprint density at radius 2 is 1.96 bits per heavy atom. The summed E-state index contributed by atoms with van der Waals surface area (Å²) in [6.07, 6.45) is 5.77. The van der Waals surface area contributed by atoms with Crippen LogP contribution in [0, 0.1) is 0 Å². The van der Waals surface area contributed by atoms with E-state index in [-0.39, 0.29) is 11.8 Å². The maximum atomic E-state index is 12.6. The van der Waals surface area contributed by atoms with E-state index in [2.05, 4.69) is 15.5 Å². The fourth-order valence-corrected chi connectivity index (χ4v) is 2.97. The summed E-state index contributed by atoms with van der Waals surface area (Å²) in [7, 11) is 0. The van der Waals surface area contributed by atoms with E-state index < -0.39 is 0 Å². The molecular weight excluding hydrogens is 290 g/mol. The molecule has 2 aliphatic rings. The molecule has 0 aromatic heterocycles. The van der Waals surface area contributed by atoms with Crippen LogP contribution in [-0.4, -0.2) is 30.9 Å². The Kier molecular flexibility index (Phi) is 4.84. The molecule has 23 heavy (non-hydrogen) atoms. The zero-order chi connectivity index (χ0) is 16.2. The van der Waals surface area contributed by atoms with Gasteiger partial charge in [-0.15, -0.1) is 0 Å². The zero-order valence-corrected chi connectivity index (χ0v) is 13.7. The third-order valence-corrected chi connectivity index (χ3v) is 4.36. The van der Waals surface area contributed by atoms with Gasteiger partial charge in [0.25, 0.3) is 5.91 Å². The number of nitrogens with zero attached hydrogens (tertiary/aromatic N) is 1. The van der Waals surface area contributed by atoms with Gasteiger partial charge in [0, 0.05) is 36.9 Å². The van der Waals surface area contributed by atoms with Crippen molar-refractivity contribution >= 4 is 23.2 Å². The van der Waals surface area contributed by atoms with Gasteiger partial charge < -0.3 is 15.5 Å². The Bertz CT molecular complexity index is 590. The molecule has 0 radical (unpaired) electrons. The lowest BCUT2D eigenvalue weighted by Gasteiger charge is -2.22. The summed E-state index contributed by atoms with van der Waals surface area (Å²) in [4.78, 5) is 26.6. The van der Waals surface area contributed by atoms with Crippen LogP contribution >= 0.6 is 0 Å². The van der Waals surface area contributed by atoms with E-state index in [0.29, 0.717) is 23.7 Å².